The summed E-state index contributed by atoms with van der Waals surface area (Å²) in [6.07, 6.45) is 1.51. The van der Waals surface area contributed by atoms with E-state index in [9.17, 15) is 5.11 Å². The van der Waals surface area contributed by atoms with Crippen molar-refractivity contribution >= 4 is 0 Å². The van der Waals surface area contributed by atoms with E-state index in [-0.39, 0.29) is 11.3 Å². The Bertz CT molecular complexity index is 403. The van der Waals surface area contributed by atoms with Crippen molar-refractivity contribution in [2.24, 2.45) is 11.3 Å². The number of hydrogen-bond donors (Lipinski definition) is 1. The fourth-order valence-corrected chi connectivity index (χ4v) is 1.89. The fraction of sp³-hybridized carbons (Fsp3) is 0.400. The fourth-order valence-electron chi connectivity index (χ4n) is 1.89. The molecule has 0 saturated carbocycles. The largest absolute Gasteiger partial charge is 0.378 e. The van der Waals surface area contributed by atoms with E-state index in [0.29, 0.717) is 6.42 Å². The molecular weight excluding hydrogens is 210 g/mol. The molecule has 0 saturated heterocycles. The van der Waals surface area contributed by atoms with Crippen molar-refractivity contribution in [3.05, 3.63) is 48.6 Å². The summed E-state index contributed by atoms with van der Waals surface area (Å²) in [5, 5.41) is 18.7. The van der Waals surface area contributed by atoms with Crippen molar-refractivity contribution in [1.82, 2.24) is 0 Å². The van der Waals surface area contributed by atoms with Gasteiger partial charge >= 0.3 is 0 Å². The molecule has 1 rings (SSSR count). The number of nitriles is 1. The Labute approximate surface area is 103 Å². The lowest BCUT2D eigenvalue weighted by atomic mass is 9.73. The highest BCUT2D eigenvalue weighted by Crippen LogP contribution is 2.33. The molecule has 2 nitrogen and oxygen atoms in total. The maximum absolute atomic E-state index is 9.84. The van der Waals surface area contributed by atoms with Crippen molar-refractivity contribution in [1.29, 1.82) is 5.26 Å². The first-order valence-corrected chi connectivity index (χ1v) is 5.76. The summed E-state index contributed by atoms with van der Waals surface area (Å²) >= 11 is 0. The van der Waals surface area contributed by atoms with Gasteiger partial charge in [-0.2, -0.15) is 5.26 Å². The van der Waals surface area contributed by atoms with Gasteiger partial charge in [-0.25, -0.2) is 0 Å². The summed E-state index contributed by atoms with van der Waals surface area (Å²) in [6.45, 7) is 7.78. The molecule has 90 valence electrons. The van der Waals surface area contributed by atoms with Crippen LogP contribution in [0.3, 0.4) is 0 Å². The van der Waals surface area contributed by atoms with Crippen LogP contribution in [0.2, 0.25) is 0 Å². The molecule has 1 N–H and O–H groups in total. The molecule has 1 aromatic carbocycles. The normalized spacial score (nSPS) is 14.7. The van der Waals surface area contributed by atoms with Crippen LogP contribution in [0.25, 0.3) is 0 Å². The van der Waals surface area contributed by atoms with E-state index in [1.165, 1.54) is 0 Å². The molecule has 0 aliphatic carbocycles. The zero-order chi connectivity index (χ0) is 12.9. The van der Waals surface area contributed by atoms with Crippen LogP contribution < -0.4 is 0 Å². The molecule has 0 bridgehead atoms. The van der Waals surface area contributed by atoms with Gasteiger partial charge in [-0.15, -0.1) is 6.58 Å². The number of nitrogens with zero attached hydrogens (tertiary/aromatic N) is 1. The average Bonchev–Trinajstić information content (AvgIpc) is 2.36. The maximum atomic E-state index is 9.84. The van der Waals surface area contributed by atoms with Crippen LogP contribution in [0.5, 0.6) is 0 Å². The minimum absolute atomic E-state index is 0.146. The smallest absolute Gasteiger partial charge is 0.144 e. The van der Waals surface area contributed by atoms with Gasteiger partial charge in [-0.3, -0.25) is 0 Å². The lowest BCUT2D eigenvalue weighted by Crippen LogP contribution is -2.33. The number of benzene rings is 1. The number of rotatable bonds is 5. The Morgan fingerprint density at radius 3 is 2.47 bits per heavy atom. The van der Waals surface area contributed by atoms with Crippen molar-refractivity contribution in [3.8, 4) is 6.07 Å². The summed E-state index contributed by atoms with van der Waals surface area (Å²) in [7, 11) is 0. The highest BCUT2D eigenvalue weighted by Gasteiger charge is 2.32. The van der Waals surface area contributed by atoms with E-state index >= 15 is 0 Å². The maximum Gasteiger partial charge on any atom is 0.144 e. The third-order valence-electron chi connectivity index (χ3n) is 3.29. The van der Waals surface area contributed by atoms with Crippen LogP contribution in [0.15, 0.2) is 43.0 Å². The highest BCUT2D eigenvalue weighted by atomic mass is 16.3. The second-order valence-electron chi connectivity index (χ2n) is 4.90. The Morgan fingerprint density at radius 1 is 1.41 bits per heavy atom. The Hall–Kier alpha value is -1.59. The molecule has 0 unspecified atom stereocenters. The molecule has 0 radical (unpaired) electrons. The second kappa shape index (κ2) is 5.65. The second-order valence-corrected chi connectivity index (χ2v) is 4.90. The molecule has 0 spiro atoms. The lowest BCUT2D eigenvalue weighted by Gasteiger charge is -2.32. The van der Waals surface area contributed by atoms with Gasteiger partial charge in [-0.1, -0.05) is 50.3 Å². The van der Waals surface area contributed by atoms with E-state index in [1.807, 2.05) is 50.2 Å². The molecule has 0 aromatic heterocycles. The van der Waals surface area contributed by atoms with Crippen molar-refractivity contribution in [2.45, 2.75) is 26.4 Å². The number of allylic oxidation sites excluding steroid dienone is 1. The number of aliphatic hydroxyl groups excluding tert-OH is 1. The van der Waals surface area contributed by atoms with Gasteiger partial charge < -0.3 is 5.11 Å². The molecule has 0 aliphatic heterocycles. The first-order valence-electron chi connectivity index (χ1n) is 5.76. The van der Waals surface area contributed by atoms with E-state index in [1.54, 1.807) is 6.08 Å². The zero-order valence-electron chi connectivity index (χ0n) is 10.4. The van der Waals surface area contributed by atoms with Gasteiger partial charge in [0.15, 0.2) is 0 Å². The van der Waals surface area contributed by atoms with Gasteiger partial charge in [0.1, 0.15) is 6.10 Å². The standard InChI is InChI=1S/C15H19NO/c1-4-15(2,3)13(14(17)11-16)10-12-8-6-5-7-9-12/h4-9,13-14,17H,1,10H2,2-3H3/t13-,14+/m1/s1. The molecule has 0 amide bonds. The van der Waals surface area contributed by atoms with Crippen LogP contribution in [0.4, 0.5) is 0 Å². The van der Waals surface area contributed by atoms with E-state index in [2.05, 4.69) is 6.58 Å². The highest BCUT2D eigenvalue weighted by molar-refractivity contribution is 5.17. The molecule has 17 heavy (non-hydrogen) atoms. The van der Waals surface area contributed by atoms with Crippen LogP contribution in [0.1, 0.15) is 19.4 Å². The van der Waals surface area contributed by atoms with Gasteiger partial charge in [0, 0.05) is 5.92 Å². The molecule has 0 heterocycles. The summed E-state index contributed by atoms with van der Waals surface area (Å²) in [5.41, 5.74) is 0.854. The predicted molar refractivity (Wildman–Crippen MR) is 69.2 cm³/mol. The Kier molecular flexibility index (Phi) is 4.48. The molecule has 2 atom stereocenters. The predicted octanol–water partition coefficient (Wildman–Crippen LogP) is 2.94. The van der Waals surface area contributed by atoms with Crippen molar-refractivity contribution in [2.75, 3.05) is 0 Å². The molecule has 0 aliphatic rings. The van der Waals surface area contributed by atoms with Crippen molar-refractivity contribution < 1.29 is 5.11 Å². The summed E-state index contributed by atoms with van der Waals surface area (Å²) < 4.78 is 0. The average molecular weight is 229 g/mol. The van der Waals surface area contributed by atoms with Gasteiger partial charge in [-0.05, 0) is 17.4 Å². The molecule has 1 aromatic rings. The minimum atomic E-state index is -0.969. The van der Waals surface area contributed by atoms with E-state index in [0.717, 1.165) is 5.56 Å². The monoisotopic (exact) mass is 229 g/mol. The number of aliphatic hydroxyl groups is 1. The third-order valence-corrected chi connectivity index (χ3v) is 3.29. The third kappa shape index (κ3) is 3.44. The lowest BCUT2D eigenvalue weighted by molar-refractivity contribution is 0.0970. The summed E-state index contributed by atoms with van der Waals surface area (Å²) in [4.78, 5) is 0. The minimum Gasteiger partial charge on any atom is -0.378 e. The van der Waals surface area contributed by atoms with Gasteiger partial charge in [0.2, 0.25) is 0 Å². The Balaban J connectivity index is 2.94. The Morgan fingerprint density at radius 2 is 2.00 bits per heavy atom. The van der Waals surface area contributed by atoms with Crippen LogP contribution in [-0.2, 0) is 6.42 Å². The first-order chi connectivity index (χ1) is 8.01. The van der Waals surface area contributed by atoms with Crippen LogP contribution in [-0.4, -0.2) is 11.2 Å². The quantitative estimate of drug-likeness (QED) is 0.623. The number of hydrogen-bond acceptors (Lipinski definition) is 2. The topological polar surface area (TPSA) is 44.0 Å². The van der Waals surface area contributed by atoms with Gasteiger partial charge in [0.05, 0.1) is 6.07 Å². The van der Waals surface area contributed by atoms with Gasteiger partial charge in [0.25, 0.3) is 0 Å². The molecule has 0 fully saturated rings. The van der Waals surface area contributed by atoms with Crippen LogP contribution in [0, 0.1) is 22.7 Å². The molecule has 2 heteroatoms. The SMILES string of the molecule is C=CC(C)(C)[C@H](Cc1ccccc1)[C@@H](O)C#N. The van der Waals surface area contributed by atoms with Crippen molar-refractivity contribution in [3.63, 3.8) is 0 Å². The van der Waals surface area contributed by atoms with Crippen LogP contribution >= 0.6 is 0 Å². The molecular formula is C15H19NO. The van der Waals surface area contributed by atoms with E-state index < -0.39 is 6.10 Å². The van der Waals surface area contributed by atoms with E-state index in [4.69, 9.17) is 5.26 Å². The summed E-state index contributed by atoms with van der Waals surface area (Å²) in [5.74, 6) is -0.146. The summed E-state index contributed by atoms with van der Waals surface area (Å²) in [6, 6.07) is 11.8. The zero-order valence-corrected chi connectivity index (χ0v) is 10.4. The first kappa shape index (κ1) is 13.5.